The zero-order valence-electron chi connectivity index (χ0n) is 5.40. The number of nitrogen functional groups attached to an aromatic ring is 2. The number of nitrogens with zero attached hydrogens (tertiary/aromatic N) is 3. The fourth-order valence-electron chi connectivity index (χ4n) is 0.515. The monoisotopic (exact) mass is 160 g/mol. The molecule has 0 amide bonds. The first-order valence-corrected chi connectivity index (χ1v) is 3.73. The second-order valence-electron chi connectivity index (χ2n) is 1.52. The molecule has 7 heteroatoms. The van der Waals surface area contributed by atoms with Gasteiger partial charge in [0.1, 0.15) is 0 Å². The highest BCUT2D eigenvalue weighted by Gasteiger charge is 2.04. The van der Waals surface area contributed by atoms with Gasteiger partial charge in [0.05, 0.1) is 0 Å². The van der Waals surface area contributed by atoms with E-state index in [1.807, 2.05) is 6.26 Å². The van der Waals surface area contributed by atoms with Crippen molar-refractivity contribution in [3.63, 3.8) is 0 Å². The summed E-state index contributed by atoms with van der Waals surface area (Å²) in [6, 6.07) is 0. The molecule has 0 aliphatic carbocycles. The Morgan fingerprint density at radius 2 is 2.30 bits per heavy atom. The highest BCUT2D eigenvalue weighted by Crippen LogP contribution is 2.11. The summed E-state index contributed by atoms with van der Waals surface area (Å²) < 4.78 is 1.28. The Hall–Kier alpha value is -0.950. The maximum absolute atomic E-state index is 5.45. The standard InChI is InChI=1S/C3H8N6S/c1-10-3-8-7-2(6-4)9(3)5/h4-5H2,1H3,(H,6,7). The normalized spacial score (nSPS) is 9.80. The molecule has 10 heavy (non-hydrogen) atoms. The Balaban J connectivity index is 2.97. The predicted molar refractivity (Wildman–Crippen MR) is 39.8 cm³/mol. The minimum Gasteiger partial charge on any atom is -0.334 e. The van der Waals surface area contributed by atoms with Crippen LogP contribution in [-0.4, -0.2) is 21.1 Å². The Morgan fingerprint density at radius 3 is 2.60 bits per heavy atom. The molecule has 1 rings (SSSR count). The molecule has 1 aromatic heterocycles. The highest BCUT2D eigenvalue weighted by atomic mass is 32.2. The van der Waals surface area contributed by atoms with Crippen LogP contribution in [-0.2, 0) is 0 Å². The van der Waals surface area contributed by atoms with Crippen molar-refractivity contribution in [1.29, 1.82) is 0 Å². The van der Waals surface area contributed by atoms with E-state index in [-0.39, 0.29) is 0 Å². The molecule has 5 N–H and O–H groups in total. The van der Waals surface area contributed by atoms with Gasteiger partial charge in [-0.15, -0.1) is 10.2 Å². The number of hydrogen-bond donors (Lipinski definition) is 3. The van der Waals surface area contributed by atoms with Crippen LogP contribution in [0, 0.1) is 0 Å². The molecule has 1 aromatic rings. The van der Waals surface area contributed by atoms with Crippen molar-refractivity contribution in [2.75, 3.05) is 17.5 Å². The first kappa shape index (κ1) is 7.16. The second kappa shape index (κ2) is 2.76. The van der Waals surface area contributed by atoms with E-state index in [0.717, 1.165) is 0 Å². The Kier molecular flexibility index (Phi) is 1.97. The molecule has 0 atom stereocenters. The van der Waals surface area contributed by atoms with Crippen molar-refractivity contribution in [2.45, 2.75) is 5.16 Å². The first-order chi connectivity index (χ1) is 4.79. The number of rotatable bonds is 2. The molecule has 0 bridgehead atoms. The van der Waals surface area contributed by atoms with Gasteiger partial charge in [-0.1, -0.05) is 11.8 Å². The van der Waals surface area contributed by atoms with Crippen LogP contribution >= 0.6 is 11.8 Å². The van der Waals surface area contributed by atoms with Crippen LogP contribution in [0.4, 0.5) is 5.95 Å². The van der Waals surface area contributed by atoms with Crippen LogP contribution in [0.2, 0.25) is 0 Å². The molecule has 0 spiro atoms. The van der Waals surface area contributed by atoms with Gasteiger partial charge in [-0.25, -0.2) is 10.5 Å². The van der Waals surface area contributed by atoms with Crippen LogP contribution in [0.5, 0.6) is 0 Å². The lowest BCUT2D eigenvalue weighted by molar-refractivity contribution is 0.849. The van der Waals surface area contributed by atoms with Crippen molar-refractivity contribution in [3.8, 4) is 0 Å². The van der Waals surface area contributed by atoms with Crippen LogP contribution in [0.15, 0.2) is 5.16 Å². The zero-order valence-corrected chi connectivity index (χ0v) is 6.22. The van der Waals surface area contributed by atoms with E-state index in [0.29, 0.717) is 11.1 Å². The molecular formula is C3H8N6S. The number of hydrazine groups is 1. The van der Waals surface area contributed by atoms with Crippen molar-refractivity contribution < 1.29 is 0 Å². The van der Waals surface area contributed by atoms with Gasteiger partial charge in [0.25, 0.3) is 5.95 Å². The van der Waals surface area contributed by atoms with E-state index in [1.165, 1.54) is 16.4 Å². The summed E-state index contributed by atoms with van der Waals surface area (Å²) in [6.45, 7) is 0. The minimum absolute atomic E-state index is 0.351. The number of anilines is 1. The zero-order chi connectivity index (χ0) is 7.56. The topological polar surface area (TPSA) is 94.8 Å². The predicted octanol–water partition coefficient (Wildman–Crippen LogP) is -1.00. The number of hydrogen-bond acceptors (Lipinski definition) is 6. The average molecular weight is 160 g/mol. The molecule has 0 unspecified atom stereocenters. The third-order valence-corrected chi connectivity index (χ3v) is 1.62. The van der Waals surface area contributed by atoms with Crippen molar-refractivity contribution >= 4 is 17.7 Å². The molecule has 0 saturated heterocycles. The summed E-state index contributed by atoms with van der Waals surface area (Å²) in [6.07, 6.45) is 1.85. The van der Waals surface area contributed by atoms with Gasteiger partial charge in [-0.05, 0) is 6.26 Å². The summed E-state index contributed by atoms with van der Waals surface area (Å²) in [5, 5.41) is 7.97. The quantitative estimate of drug-likeness (QED) is 0.292. The lowest BCUT2D eigenvalue weighted by Crippen LogP contribution is -2.18. The average Bonchev–Trinajstić information content (AvgIpc) is 2.30. The highest BCUT2D eigenvalue weighted by molar-refractivity contribution is 7.98. The molecule has 6 nitrogen and oxygen atoms in total. The van der Waals surface area contributed by atoms with E-state index in [4.69, 9.17) is 11.7 Å². The maximum atomic E-state index is 5.45. The molecule has 0 aliphatic heterocycles. The second-order valence-corrected chi connectivity index (χ2v) is 2.30. The van der Waals surface area contributed by atoms with Crippen LogP contribution in [0.1, 0.15) is 0 Å². The molecule has 1 heterocycles. The third kappa shape index (κ3) is 1.00. The molecule has 56 valence electrons. The van der Waals surface area contributed by atoms with Crippen molar-refractivity contribution in [3.05, 3.63) is 0 Å². The largest absolute Gasteiger partial charge is 0.334 e. The van der Waals surface area contributed by atoms with Gasteiger partial charge >= 0.3 is 0 Å². The van der Waals surface area contributed by atoms with E-state index < -0.39 is 0 Å². The molecular weight excluding hydrogens is 152 g/mol. The minimum atomic E-state index is 0.351. The van der Waals surface area contributed by atoms with E-state index >= 15 is 0 Å². The SMILES string of the molecule is CSc1nnc(NN)n1N. The molecule has 0 fully saturated rings. The van der Waals surface area contributed by atoms with Crippen LogP contribution in [0.25, 0.3) is 0 Å². The lowest BCUT2D eigenvalue weighted by Gasteiger charge is -1.98. The Bertz CT molecular complexity index is 197. The molecule has 0 saturated carbocycles. The summed E-state index contributed by atoms with van der Waals surface area (Å²) in [7, 11) is 0. The maximum Gasteiger partial charge on any atom is 0.258 e. The van der Waals surface area contributed by atoms with Gasteiger partial charge in [0.2, 0.25) is 5.16 Å². The first-order valence-electron chi connectivity index (χ1n) is 2.50. The fraction of sp³-hybridized carbons (Fsp3) is 0.333. The van der Waals surface area contributed by atoms with E-state index in [2.05, 4.69) is 15.6 Å². The van der Waals surface area contributed by atoms with E-state index in [9.17, 15) is 0 Å². The number of nitrogens with one attached hydrogen (secondary N) is 1. The molecule has 0 aliphatic rings. The van der Waals surface area contributed by atoms with Crippen molar-refractivity contribution in [1.82, 2.24) is 14.9 Å². The summed E-state index contributed by atoms with van der Waals surface area (Å²) in [4.78, 5) is 0. The number of thioether (sulfide) groups is 1. The van der Waals surface area contributed by atoms with Crippen LogP contribution < -0.4 is 17.1 Å². The van der Waals surface area contributed by atoms with Gasteiger partial charge in [0, 0.05) is 0 Å². The summed E-state index contributed by atoms with van der Waals surface area (Å²) in [5.74, 6) is 10.9. The molecule has 0 radical (unpaired) electrons. The summed E-state index contributed by atoms with van der Waals surface area (Å²) >= 11 is 1.40. The fourth-order valence-corrected chi connectivity index (χ4v) is 0.920. The van der Waals surface area contributed by atoms with E-state index in [1.54, 1.807) is 0 Å². The smallest absolute Gasteiger partial charge is 0.258 e. The van der Waals surface area contributed by atoms with Gasteiger partial charge < -0.3 is 5.84 Å². The van der Waals surface area contributed by atoms with Gasteiger partial charge in [0.15, 0.2) is 0 Å². The van der Waals surface area contributed by atoms with Crippen LogP contribution in [0.3, 0.4) is 0 Å². The third-order valence-electron chi connectivity index (χ3n) is 0.976. The van der Waals surface area contributed by atoms with Gasteiger partial charge in [-0.3, -0.25) is 5.43 Å². The van der Waals surface area contributed by atoms with Crippen molar-refractivity contribution in [2.24, 2.45) is 5.84 Å². The Labute approximate surface area is 61.9 Å². The lowest BCUT2D eigenvalue weighted by atomic mass is 11.0. The summed E-state index contributed by atoms with van der Waals surface area (Å²) in [5.41, 5.74) is 2.30. The number of nitrogens with two attached hydrogens (primary N) is 2. The number of aromatic nitrogens is 3. The Morgan fingerprint density at radius 1 is 1.60 bits per heavy atom. The molecule has 0 aromatic carbocycles. The van der Waals surface area contributed by atoms with Gasteiger partial charge in [-0.2, -0.15) is 0 Å².